The van der Waals surface area contributed by atoms with Crippen molar-refractivity contribution in [2.24, 2.45) is 5.92 Å². The smallest absolute Gasteiger partial charge is 0.0469 e. The van der Waals surface area contributed by atoms with Gasteiger partial charge in [0.2, 0.25) is 0 Å². The lowest BCUT2D eigenvalue weighted by atomic mass is 9.81. The van der Waals surface area contributed by atoms with Crippen molar-refractivity contribution in [3.05, 3.63) is 0 Å². The van der Waals surface area contributed by atoms with Gasteiger partial charge in [0.25, 0.3) is 0 Å². The van der Waals surface area contributed by atoms with Gasteiger partial charge in [-0.15, -0.1) is 11.6 Å². The molecule has 1 atom stereocenters. The molecule has 0 heterocycles. The lowest BCUT2D eigenvalue weighted by Crippen LogP contribution is -2.30. The maximum Gasteiger partial charge on any atom is 0.0469 e. The van der Waals surface area contributed by atoms with Gasteiger partial charge in [0, 0.05) is 4.87 Å². The predicted octanol–water partition coefficient (Wildman–Crippen LogP) is 9.84. The molecule has 0 aromatic carbocycles. The summed E-state index contributed by atoms with van der Waals surface area (Å²) in [6.07, 6.45) is 25.0. The number of hydrogen-bond donors (Lipinski definition) is 1. The highest BCUT2D eigenvalue weighted by Gasteiger charge is 2.31. The van der Waals surface area contributed by atoms with Crippen molar-refractivity contribution < 1.29 is 0 Å². The molecule has 0 aromatic heterocycles. The second-order valence-electron chi connectivity index (χ2n) is 8.23. The molecular formula is C24H52ClN. The first-order valence-electron chi connectivity index (χ1n) is 11.8. The van der Waals surface area contributed by atoms with Crippen LogP contribution < -0.4 is 6.15 Å². The minimum Gasteiger partial charge on any atom is -0.344 e. The standard InChI is InChI=1S/C24H49Cl.H3N/c1-5-9-10-11-12-13-14-15-16-17-18-19-20-21-22-23(6-2)24(25,7-3)8-4;/h23H,5-22H2,1-4H3;1H3. The monoisotopic (exact) mass is 389 g/mol. The topological polar surface area (TPSA) is 35.0 Å². The summed E-state index contributed by atoms with van der Waals surface area (Å²) in [5.74, 6) is 0.710. The van der Waals surface area contributed by atoms with Crippen molar-refractivity contribution in [1.29, 1.82) is 0 Å². The van der Waals surface area contributed by atoms with E-state index in [9.17, 15) is 0 Å². The molecule has 0 bridgehead atoms. The van der Waals surface area contributed by atoms with E-state index in [0.717, 1.165) is 12.8 Å². The summed E-state index contributed by atoms with van der Waals surface area (Å²) < 4.78 is 0. The summed E-state index contributed by atoms with van der Waals surface area (Å²) in [7, 11) is 0. The second-order valence-corrected chi connectivity index (χ2v) is 8.98. The Kier molecular flexibility index (Phi) is 21.9. The number of hydrogen-bond acceptors (Lipinski definition) is 1. The molecule has 2 heteroatoms. The van der Waals surface area contributed by atoms with Crippen LogP contribution >= 0.6 is 11.6 Å². The molecule has 0 saturated heterocycles. The van der Waals surface area contributed by atoms with Crippen LogP contribution in [0, 0.1) is 5.92 Å². The van der Waals surface area contributed by atoms with Crippen LogP contribution in [0.25, 0.3) is 0 Å². The molecule has 26 heavy (non-hydrogen) atoms. The zero-order valence-electron chi connectivity index (χ0n) is 18.9. The zero-order chi connectivity index (χ0) is 18.8. The van der Waals surface area contributed by atoms with Crippen LogP contribution in [-0.2, 0) is 0 Å². The molecule has 0 amide bonds. The fourth-order valence-electron chi connectivity index (χ4n) is 4.24. The van der Waals surface area contributed by atoms with Gasteiger partial charge in [-0.1, -0.05) is 124 Å². The largest absolute Gasteiger partial charge is 0.344 e. The fourth-order valence-corrected chi connectivity index (χ4v) is 4.50. The highest BCUT2D eigenvalue weighted by atomic mass is 35.5. The summed E-state index contributed by atoms with van der Waals surface area (Å²) in [6.45, 7) is 9.12. The van der Waals surface area contributed by atoms with E-state index in [1.165, 1.54) is 103 Å². The van der Waals surface area contributed by atoms with Gasteiger partial charge in [-0.05, 0) is 25.2 Å². The molecule has 0 fully saturated rings. The van der Waals surface area contributed by atoms with E-state index >= 15 is 0 Å². The Morgan fingerprint density at radius 3 is 1.23 bits per heavy atom. The Bertz CT molecular complexity index is 263. The number of alkyl halides is 1. The molecule has 0 saturated carbocycles. The van der Waals surface area contributed by atoms with Crippen LogP contribution in [0.15, 0.2) is 0 Å². The van der Waals surface area contributed by atoms with Crippen molar-refractivity contribution in [3.8, 4) is 0 Å². The van der Waals surface area contributed by atoms with Crippen molar-refractivity contribution in [3.63, 3.8) is 0 Å². The lowest BCUT2D eigenvalue weighted by Gasteiger charge is -2.33. The van der Waals surface area contributed by atoms with Gasteiger partial charge >= 0.3 is 0 Å². The van der Waals surface area contributed by atoms with Gasteiger partial charge in [0.05, 0.1) is 0 Å². The Hall–Kier alpha value is 0.250. The molecular weight excluding hydrogens is 338 g/mol. The van der Waals surface area contributed by atoms with Crippen molar-refractivity contribution in [1.82, 2.24) is 6.15 Å². The fraction of sp³-hybridized carbons (Fsp3) is 1.00. The van der Waals surface area contributed by atoms with E-state index in [2.05, 4.69) is 27.7 Å². The van der Waals surface area contributed by atoms with E-state index < -0.39 is 0 Å². The first-order valence-corrected chi connectivity index (χ1v) is 12.2. The average Bonchev–Trinajstić information content (AvgIpc) is 2.64. The van der Waals surface area contributed by atoms with E-state index in [1.54, 1.807) is 0 Å². The lowest BCUT2D eigenvalue weighted by molar-refractivity contribution is 0.306. The Morgan fingerprint density at radius 1 is 0.577 bits per heavy atom. The average molecular weight is 390 g/mol. The summed E-state index contributed by atoms with van der Waals surface area (Å²) >= 11 is 6.83. The van der Waals surface area contributed by atoms with Gasteiger partial charge in [-0.3, -0.25) is 0 Å². The van der Waals surface area contributed by atoms with Gasteiger partial charge in [0.15, 0.2) is 0 Å². The summed E-state index contributed by atoms with van der Waals surface area (Å²) in [6, 6.07) is 0. The molecule has 3 N–H and O–H groups in total. The van der Waals surface area contributed by atoms with E-state index in [-0.39, 0.29) is 11.0 Å². The molecule has 0 aliphatic heterocycles. The van der Waals surface area contributed by atoms with E-state index in [0.29, 0.717) is 5.92 Å². The van der Waals surface area contributed by atoms with Crippen LogP contribution in [-0.4, -0.2) is 4.87 Å². The van der Waals surface area contributed by atoms with Gasteiger partial charge in [-0.25, -0.2) is 0 Å². The molecule has 160 valence electrons. The first kappa shape index (κ1) is 28.5. The maximum atomic E-state index is 6.83. The molecule has 0 aliphatic carbocycles. The SMILES string of the molecule is CCCCCCCCCCCCCCCCC(CC)C(Cl)(CC)CC.N. The minimum absolute atomic E-state index is 0. The molecule has 0 rings (SSSR count). The van der Waals surface area contributed by atoms with Crippen molar-refractivity contribution in [2.75, 3.05) is 0 Å². The Labute approximate surface area is 172 Å². The Balaban J connectivity index is 0. The molecule has 0 aromatic rings. The second kappa shape index (κ2) is 20.0. The molecule has 0 aliphatic rings. The van der Waals surface area contributed by atoms with Gasteiger partial charge < -0.3 is 6.15 Å². The first-order chi connectivity index (χ1) is 12.1. The Morgan fingerprint density at radius 2 is 0.923 bits per heavy atom. The van der Waals surface area contributed by atoms with Gasteiger partial charge in [0.1, 0.15) is 0 Å². The molecule has 0 spiro atoms. The van der Waals surface area contributed by atoms with Crippen LogP contribution in [0.3, 0.4) is 0 Å². The third kappa shape index (κ3) is 14.3. The maximum absolute atomic E-state index is 6.83. The van der Waals surface area contributed by atoms with Crippen LogP contribution in [0.5, 0.6) is 0 Å². The van der Waals surface area contributed by atoms with E-state index in [1.807, 2.05) is 0 Å². The molecule has 1 nitrogen and oxygen atoms in total. The highest BCUT2D eigenvalue weighted by molar-refractivity contribution is 6.24. The normalized spacial score (nSPS) is 12.8. The predicted molar refractivity (Wildman–Crippen MR) is 123 cm³/mol. The summed E-state index contributed by atoms with van der Waals surface area (Å²) in [5.41, 5.74) is 0. The third-order valence-electron chi connectivity index (χ3n) is 6.31. The van der Waals surface area contributed by atoms with Crippen LogP contribution in [0.1, 0.15) is 143 Å². The third-order valence-corrected chi connectivity index (χ3v) is 7.15. The molecule has 0 radical (unpaired) electrons. The number of rotatable bonds is 19. The molecule has 1 unspecified atom stereocenters. The van der Waals surface area contributed by atoms with Crippen molar-refractivity contribution in [2.45, 2.75) is 148 Å². The van der Waals surface area contributed by atoms with Gasteiger partial charge in [-0.2, -0.15) is 0 Å². The van der Waals surface area contributed by atoms with E-state index in [4.69, 9.17) is 11.6 Å². The van der Waals surface area contributed by atoms with Crippen LogP contribution in [0.4, 0.5) is 0 Å². The zero-order valence-corrected chi connectivity index (χ0v) is 19.6. The summed E-state index contributed by atoms with van der Waals surface area (Å²) in [5, 5.41) is 0. The van der Waals surface area contributed by atoms with Crippen molar-refractivity contribution >= 4 is 11.6 Å². The highest BCUT2D eigenvalue weighted by Crippen LogP contribution is 2.38. The quantitative estimate of drug-likeness (QED) is 0.173. The number of unbranched alkanes of at least 4 members (excludes halogenated alkanes) is 13. The number of halogens is 1. The summed E-state index contributed by atoms with van der Waals surface area (Å²) in [4.78, 5) is 0.0608. The van der Waals surface area contributed by atoms with Crippen LogP contribution in [0.2, 0.25) is 0 Å². The minimum atomic E-state index is 0.